The number of nitrogens with two attached hydrogens (primary N) is 1. The zero-order valence-electron chi connectivity index (χ0n) is 8.00. The third-order valence-corrected chi connectivity index (χ3v) is 3.66. The summed E-state index contributed by atoms with van der Waals surface area (Å²) in [6.07, 6.45) is 5.38. The lowest BCUT2D eigenvalue weighted by molar-refractivity contribution is 0.0895. The van der Waals surface area contributed by atoms with Gasteiger partial charge < -0.3 is 10.6 Å². The van der Waals surface area contributed by atoms with Crippen LogP contribution in [0.4, 0.5) is 0 Å². The fourth-order valence-corrected chi connectivity index (χ4v) is 2.93. The van der Waals surface area contributed by atoms with Crippen LogP contribution in [0, 0.1) is 11.8 Å². The van der Waals surface area contributed by atoms with Crippen molar-refractivity contribution in [2.45, 2.75) is 31.7 Å². The van der Waals surface area contributed by atoms with E-state index in [1.807, 2.05) is 0 Å². The van der Waals surface area contributed by atoms with Gasteiger partial charge in [-0.1, -0.05) is 6.42 Å². The number of likely N-dealkylation sites (tertiary alicyclic amines) is 1. The Bertz CT molecular complexity index is 158. The van der Waals surface area contributed by atoms with Crippen LogP contribution in [0.2, 0.25) is 0 Å². The van der Waals surface area contributed by atoms with Crippen LogP contribution in [0.15, 0.2) is 0 Å². The smallest absolute Gasteiger partial charge is 0.00707 e. The molecule has 12 heavy (non-hydrogen) atoms. The molecule has 2 N–H and O–H groups in total. The van der Waals surface area contributed by atoms with Gasteiger partial charge in [-0.3, -0.25) is 0 Å². The van der Waals surface area contributed by atoms with Gasteiger partial charge in [0.25, 0.3) is 0 Å². The maximum atomic E-state index is 6.12. The summed E-state index contributed by atoms with van der Waals surface area (Å²) in [7, 11) is 2.23. The molecule has 2 nitrogen and oxygen atoms in total. The highest BCUT2D eigenvalue weighted by atomic mass is 15.1. The van der Waals surface area contributed by atoms with E-state index in [1.54, 1.807) is 0 Å². The molecule has 0 spiro atoms. The Kier molecular flexibility index (Phi) is 2.37. The van der Waals surface area contributed by atoms with Crippen LogP contribution in [-0.4, -0.2) is 31.1 Å². The standard InChI is InChI=1S/C10H20N2/c1-12-6-5-9-8(7-12)3-2-4-10(9)11/h8-10H,2-7,11H2,1H3. The minimum absolute atomic E-state index is 0.512. The Balaban J connectivity index is 1.99. The van der Waals surface area contributed by atoms with Gasteiger partial charge in [0.1, 0.15) is 0 Å². The zero-order chi connectivity index (χ0) is 8.55. The Morgan fingerprint density at radius 3 is 2.92 bits per heavy atom. The molecule has 2 rings (SSSR count). The summed E-state index contributed by atoms with van der Waals surface area (Å²) >= 11 is 0. The summed E-state index contributed by atoms with van der Waals surface area (Å²) < 4.78 is 0. The van der Waals surface area contributed by atoms with E-state index in [9.17, 15) is 0 Å². The minimum Gasteiger partial charge on any atom is -0.327 e. The Hall–Kier alpha value is -0.0800. The molecule has 1 aliphatic carbocycles. The molecule has 0 bridgehead atoms. The van der Waals surface area contributed by atoms with E-state index in [-0.39, 0.29) is 0 Å². The number of hydrogen-bond donors (Lipinski definition) is 1. The summed E-state index contributed by atoms with van der Waals surface area (Å²) in [5.74, 6) is 1.75. The Morgan fingerprint density at radius 1 is 1.25 bits per heavy atom. The van der Waals surface area contributed by atoms with E-state index in [4.69, 9.17) is 5.73 Å². The molecule has 3 unspecified atom stereocenters. The van der Waals surface area contributed by atoms with Crippen LogP contribution in [0.25, 0.3) is 0 Å². The van der Waals surface area contributed by atoms with E-state index < -0.39 is 0 Å². The first-order valence-electron chi connectivity index (χ1n) is 5.21. The second kappa shape index (κ2) is 3.35. The summed E-state index contributed by atoms with van der Waals surface area (Å²) in [6, 6.07) is 0.512. The van der Waals surface area contributed by atoms with Crippen molar-refractivity contribution >= 4 is 0 Å². The van der Waals surface area contributed by atoms with E-state index in [0.717, 1.165) is 11.8 Å². The molecule has 1 aliphatic heterocycles. The minimum atomic E-state index is 0.512. The molecule has 3 atom stereocenters. The van der Waals surface area contributed by atoms with Gasteiger partial charge in [0.2, 0.25) is 0 Å². The SMILES string of the molecule is CN1CCC2C(N)CCCC2C1. The predicted octanol–water partition coefficient (Wildman–Crippen LogP) is 1.07. The largest absolute Gasteiger partial charge is 0.327 e. The third kappa shape index (κ3) is 1.50. The van der Waals surface area contributed by atoms with Gasteiger partial charge in [-0.25, -0.2) is 0 Å². The van der Waals surface area contributed by atoms with Gasteiger partial charge in [-0.2, -0.15) is 0 Å². The molecular weight excluding hydrogens is 148 g/mol. The Morgan fingerprint density at radius 2 is 2.08 bits per heavy atom. The fourth-order valence-electron chi connectivity index (χ4n) is 2.93. The lowest BCUT2D eigenvalue weighted by Crippen LogP contribution is -2.48. The highest BCUT2D eigenvalue weighted by molar-refractivity contribution is 4.89. The van der Waals surface area contributed by atoms with Crippen LogP contribution in [0.1, 0.15) is 25.7 Å². The normalized spacial score (nSPS) is 44.0. The zero-order valence-corrected chi connectivity index (χ0v) is 8.00. The summed E-state index contributed by atoms with van der Waals surface area (Å²) in [5, 5.41) is 0. The van der Waals surface area contributed by atoms with Crippen LogP contribution in [-0.2, 0) is 0 Å². The van der Waals surface area contributed by atoms with Crippen molar-refractivity contribution in [1.29, 1.82) is 0 Å². The summed E-state index contributed by atoms with van der Waals surface area (Å²) in [6.45, 7) is 2.55. The molecule has 1 saturated heterocycles. The average molecular weight is 168 g/mol. The quantitative estimate of drug-likeness (QED) is 0.586. The molecule has 2 heteroatoms. The van der Waals surface area contributed by atoms with Crippen molar-refractivity contribution < 1.29 is 0 Å². The number of fused-ring (bicyclic) bond motifs is 1. The van der Waals surface area contributed by atoms with Crippen molar-refractivity contribution in [3.63, 3.8) is 0 Å². The van der Waals surface area contributed by atoms with Crippen molar-refractivity contribution in [1.82, 2.24) is 4.90 Å². The average Bonchev–Trinajstić information content (AvgIpc) is 2.04. The molecule has 2 aliphatic rings. The number of nitrogens with zero attached hydrogens (tertiary/aromatic N) is 1. The molecule has 70 valence electrons. The second-order valence-corrected chi connectivity index (χ2v) is 4.57. The number of hydrogen-bond acceptors (Lipinski definition) is 2. The third-order valence-electron chi connectivity index (χ3n) is 3.66. The van der Waals surface area contributed by atoms with E-state index in [1.165, 1.54) is 38.8 Å². The van der Waals surface area contributed by atoms with Crippen LogP contribution < -0.4 is 5.73 Å². The molecule has 1 saturated carbocycles. The first-order valence-corrected chi connectivity index (χ1v) is 5.21. The van der Waals surface area contributed by atoms with Gasteiger partial charge in [0, 0.05) is 12.6 Å². The molecule has 0 amide bonds. The number of piperidine rings is 1. The van der Waals surface area contributed by atoms with Crippen molar-refractivity contribution in [3.05, 3.63) is 0 Å². The van der Waals surface area contributed by atoms with Gasteiger partial charge >= 0.3 is 0 Å². The van der Waals surface area contributed by atoms with Gasteiger partial charge in [-0.15, -0.1) is 0 Å². The lowest BCUT2D eigenvalue weighted by Gasteiger charge is -2.43. The lowest BCUT2D eigenvalue weighted by atomic mass is 9.72. The van der Waals surface area contributed by atoms with Gasteiger partial charge in [-0.05, 0) is 44.7 Å². The maximum absolute atomic E-state index is 6.12. The van der Waals surface area contributed by atoms with E-state index >= 15 is 0 Å². The first kappa shape index (κ1) is 8.52. The van der Waals surface area contributed by atoms with E-state index in [2.05, 4.69) is 11.9 Å². The van der Waals surface area contributed by atoms with E-state index in [0.29, 0.717) is 6.04 Å². The second-order valence-electron chi connectivity index (χ2n) is 4.57. The topological polar surface area (TPSA) is 29.3 Å². The summed E-state index contributed by atoms with van der Waals surface area (Å²) in [4.78, 5) is 2.46. The fraction of sp³-hybridized carbons (Fsp3) is 1.00. The molecule has 0 radical (unpaired) electrons. The molecule has 0 aromatic carbocycles. The maximum Gasteiger partial charge on any atom is 0.00707 e. The van der Waals surface area contributed by atoms with Gasteiger partial charge in [0.05, 0.1) is 0 Å². The first-order chi connectivity index (χ1) is 5.77. The highest BCUT2D eigenvalue weighted by Crippen LogP contribution is 2.34. The van der Waals surface area contributed by atoms with Crippen molar-refractivity contribution in [3.8, 4) is 0 Å². The molecule has 2 fully saturated rings. The van der Waals surface area contributed by atoms with Crippen molar-refractivity contribution in [2.75, 3.05) is 20.1 Å². The monoisotopic (exact) mass is 168 g/mol. The molecular formula is C10H20N2. The summed E-state index contributed by atoms with van der Waals surface area (Å²) in [5.41, 5.74) is 6.12. The van der Waals surface area contributed by atoms with Gasteiger partial charge in [0.15, 0.2) is 0 Å². The molecule has 1 heterocycles. The van der Waals surface area contributed by atoms with Crippen LogP contribution in [0.3, 0.4) is 0 Å². The molecule has 0 aromatic heterocycles. The Labute approximate surface area is 75.1 Å². The van der Waals surface area contributed by atoms with Crippen LogP contribution >= 0.6 is 0 Å². The predicted molar refractivity (Wildman–Crippen MR) is 50.9 cm³/mol. The number of rotatable bonds is 0. The van der Waals surface area contributed by atoms with Crippen LogP contribution in [0.5, 0.6) is 0 Å². The highest BCUT2D eigenvalue weighted by Gasteiger charge is 2.34. The molecule has 0 aromatic rings. The van der Waals surface area contributed by atoms with Crippen molar-refractivity contribution in [2.24, 2.45) is 17.6 Å².